The number of hydrogen-bond acceptors (Lipinski definition) is 4. The largest absolute Gasteiger partial charge is 0.496 e. The first-order chi connectivity index (χ1) is 9.83. The summed E-state index contributed by atoms with van der Waals surface area (Å²) in [5, 5.41) is 0. The number of hydrogen-bond donors (Lipinski definition) is 1. The van der Waals surface area contributed by atoms with E-state index in [-0.39, 0.29) is 0 Å². The predicted octanol–water partition coefficient (Wildman–Crippen LogP) is 3.33. The smallest absolute Gasteiger partial charge is 0.132 e. The molecule has 0 bridgehead atoms. The van der Waals surface area contributed by atoms with Crippen molar-refractivity contribution >= 4 is 11.8 Å². The molecule has 2 N–H and O–H groups in total. The third kappa shape index (κ3) is 4.18. The molecule has 106 valence electrons. The molecule has 0 spiro atoms. The molecule has 0 aromatic heterocycles. The predicted molar refractivity (Wildman–Crippen MR) is 83.5 cm³/mol. The minimum Gasteiger partial charge on any atom is -0.496 e. The molecule has 0 aliphatic heterocycles. The summed E-state index contributed by atoms with van der Waals surface area (Å²) >= 11 is 1.73. The van der Waals surface area contributed by atoms with Crippen molar-refractivity contribution in [3.05, 3.63) is 54.1 Å². The lowest BCUT2D eigenvalue weighted by molar-refractivity contribution is 0.343. The number of benzene rings is 2. The highest BCUT2D eigenvalue weighted by Crippen LogP contribution is 2.28. The van der Waals surface area contributed by atoms with Gasteiger partial charge in [-0.25, -0.2) is 0 Å². The third-order valence-corrected chi connectivity index (χ3v) is 3.86. The van der Waals surface area contributed by atoms with E-state index >= 15 is 0 Å². The molecule has 20 heavy (non-hydrogen) atoms. The summed E-state index contributed by atoms with van der Waals surface area (Å²) in [5.74, 6) is 2.66. The second kappa shape index (κ2) is 7.82. The second-order valence-electron chi connectivity index (χ2n) is 4.20. The summed E-state index contributed by atoms with van der Waals surface area (Å²) in [4.78, 5) is 1.14. The SMILES string of the molecule is COc1ccccc1SCCOc1ccc(CN)cc1. The Bertz CT molecular complexity index is 528. The molecule has 2 rings (SSSR count). The van der Waals surface area contributed by atoms with E-state index in [0.717, 1.165) is 27.7 Å². The van der Waals surface area contributed by atoms with Crippen molar-refractivity contribution in [3.8, 4) is 11.5 Å². The van der Waals surface area contributed by atoms with Gasteiger partial charge in [-0.3, -0.25) is 0 Å². The normalized spacial score (nSPS) is 10.3. The van der Waals surface area contributed by atoms with Gasteiger partial charge in [0.05, 0.1) is 13.7 Å². The number of methoxy groups -OCH3 is 1. The van der Waals surface area contributed by atoms with E-state index < -0.39 is 0 Å². The van der Waals surface area contributed by atoms with Gasteiger partial charge in [-0.1, -0.05) is 24.3 Å². The summed E-state index contributed by atoms with van der Waals surface area (Å²) in [6.45, 7) is 1.22. The van der Waals surface area contributed by atoms with Crippen LogP contribution in [-0.2, 0) is 6.54 Å². The van der Waals surface area contributed by atoms with Gasteiger partial charge in [0.25, 0.3) is 0 Å². The lowest BCUT2D eigenvalue weighted by atomic mass is 10.2. The van der Waals surface area contributed by atoms with Gasteiger partial charge in [-0.2, -0.15) is 0 Å². The molecule has 4 heteroatoms. The fourth-order valence-electron chi connectivity index (χ4n) is 1.77. The first-order valence-corrected chi connectivity index (χ1v) is 7.49. The Hall–Kier alpha value is -1.65. The van der Waals surface area contributed by atoms with Gasteiger partial charge in [-0.05, 0) is 29.8 Å². The average molecular weight is 289 g/mol. The van der Waals surface area contributed by atoms with Crippen LogP contribution in [-0.4, -0.2) is 19.5 Å². The molecule has 0 heterocycles. The zero-order valence-electron chi connectivity index (χ0n) is 11.5. The molecule has 2 aromatic rings. The van der Waals surface area contributed by atoms with Crippen LogP contribution in [0.2, 0.25) is 0 Å². The molecule has 0 aliphatic rings. The molecule has 0 aliphatic carbocycles. The molecule has 3 nitrogen and oxygen atoms in total. The third-order valence-electron chi connectivity index (χ3n) is 2.84. The summed E-state index contributed by atoms with van der Waals surface area (Å²) in [6, 6.07) is 15.9. The van der Waals surface area contributed by atoms with Crippen molar-refractivity contribution in [3.63, 3.8) is 0 Å². The van der Waals surface area contributed by atoms with E-state index in [4.69, 9.17) is 15.2 Å². The van der Waals surface area contributed by atoms with E-state index in [1.165, 1.54) is 0 Å². The van der Waals surface area contributed by atoms with Crippen LogP contribution < -0.4 is 15.2 Å². The van der Waals surface area contributed by atoms with Crippen LogP contribution in [0.1, 0.15) is 5.56 Å². The number of thioether (sulfide) groups is 1. The summed E-state index contributed by atoms with van der Waals surface area (Å²) < 4.78 is 11.0. The highest BCUT2D eigenvalue weighted by Gasteiger charge is 2.02. The highest BCUT2D eigenvalue weighted by atomic mass is 32.2. The van der Waals surface area contributed by atoms with Crippen LogP contribution in [0.5, 0.6) is 11.5 Å². The summed E-state index contributed by atoms with van der Waals surface area (Å²) in [5.41, 5.74) is 6.67. The van der Waals surface area contributed by atoms with E-state index in [1.807, 2.05) is 42.5 Å². The van der Waals surface area contributed by atoms with Crippen molar-refractivity contribution in [2.45, 2.75) is 11.4 Å². The first-order valence-electron chi connectivity index (χ1n) is 6.51. The Morgan fingerprint density at radius 2 is 1.80 bits per heavy atom. The van der Waals surface area contributed by atoms with Gasteiger partial charge in [0.1, 0.15) is 11.5 Å². The van der Waals surface area contributed by atoms with Crippen LogP contribution in [0.4, 0.5) is 0 Å². The standard InChI is InChI=1S/C16H19NO2S/c1-18-15-4-2-3-5-16(15)20-11-10-19-14-8-6-13(12-17)7-9-14/h2-9H,10-12,17H2,1H3. The van der Waals surface area contributed by atoms with E-state index in [9.17, 15) is 0 Å². The van der Waals surface area contributed by atoms with E-state index in [0.29, 0.717) is 13.2 Å². The molecule has 0 saturated carbocycles. The van der Waals surface area contributed by atoms with Crippen LogP contribution in [0.25, 0.3) is 0 Å². The fraction of sp³-hybridized carbons (Fsp3) is 0.250. The molecule has 2 aromatic carbocycles. The number of ether oxygens (including phenoxy) is 2. The van der Waals surface area contributed by atoms with Crippen molar-refractivity contribution in [2.75, 3.05) is 19.5 Å². The summed E-state index contributed by atoms with van der Waals surface area (Å²) in [6.07, 6.45) is 0. The van der Waals surface area contributed by atoms with Gasteiger partial charge in [-0.15, -0.1) is 11.8 Å². The maximum Gasteiger partial charge on any atom is 0.132 e. The highest BCUT2D eigenvalue weighted by molar-refractivity contribution is 7.99. The monoisotopic (exact) mass is 289 g/mol. The van der Waals surface area contributed by atoms with Crippen LogP contribution in [0.3, 0.4) is 0 Å². The van der Waals surface area contributed by atoms with Crippen molar-refractivity contribution < 1.29 is 9.47 Å². The van der Waals surface area contributed by atoms with Crippen molar-refractivity contribution in [2.24, 2.45) is 5.73 Å². The van der Waals surface area contributed by atoms with E-state index in [1.54, 1.807) is 18.9 Å². The fourth-order valence-corrected chi connectivity index (χ4v) is 2.63. The maximum atomic E-state index is 5.70. The van der Waals surface area contributed by atoms with Gasteiger partial charge >= 0.3 is 0 Å². The molecule has 0 atom stereocenters. The van der Waals surface area contributed by atoms with Crippen LogP contribution in [0, 0.1) is 0 Å². The number of rotatable bonds is 7. The van der Waals surface area contributed by atoms with Gasteiger partial charge in [0.15, 0.2) is 0 Å². The lowest BCUT2D eigenvalue weighted by Crippen LogP contribution is -2.01. The van der Waals surface area contributed by atoms with Crippen LogP contribution in [0.15, 0.2) is 53.4 Å². The minimum atomic E-state index is 0.559. The molecule has 0 radical (unpaired) electrons. The van der Waals surface area contributed by atoms with Gasteiger partial charge in [0, 0.05) is 17.2 Å². The quantitative estimate of drug-likeness (QED) is 0.627. The molecule has 0 unspecified atom stereocenters. The second-order valence-corrected chi connectivity index (χ2v) is 5.33. The Labute approximate surface area is 124 Å². The Kier molecular flexibility index (Phi) is 5.77. The number of nitrogens with two attached hydrogens (primary N) is 1. The Morgan fingerprint density at radius 1 is 1.05 bits per heavy atom. The van der Waals surface area contributed by atoms with E-state index in [2.05, 4.69) is 6.07 Å². The molecule has 0 fully saturated rings. The number of para-hydroxylation sites is 1. The van der Waals surface area contributed by atoms with Crippen molar-refractivity contribution in [1.82, 2.24) is 0 Å². The molecular weight excluding hydrogens is 270 g/mol. The molecule has 0 amide bonds. The van der Waals surface area contributed by atoms with Crippen molar-refractivity contribution in [1.29, 1.82) is 0 Å². The maximum absolute atomic E-state index is 5.70. The zero-order chi connectivity index (χ0) is 14.2. The lowest BCUT2D eigenvalue weighted by Gasteiger charge is -2.09. The Balaban J connectivity index is 1.78. The topological polar surface area (TPSA) is 44.5 Å². The minimum absolute atomic E-state index is 0.559. The summed E-state index contributed by atoms with van der Waals surface area (Å²) in [7, 11) is 1.69. The Morgan fingerprint density at radius 3 is 2.50 bits per heavy atom. The van der Waals surface area contributed by atoms with Gasteiger partial charge in [0.2, 0.25) is 0 Å². The molecule has 0 saturated heterocycles. The molecular formula is C16H19NO2S. The average Bonchev–Trinajstić information content (AvgIpc) is 2.52. The first kappa shape index (κ1) is 14.8. The zero-order valence-corrected chi connectivity index (χ0v) is 12.4. The van der Waals surface area contributed by atoms with Crippen LogP contribution >= 0.6 is 11.8 Å². The van der Waals surface area contributed by atoms with Gasteiger partial charge < -0.3 is 15.2 Å².